The van der Waals surface area contributed by atoms with Gasteiger partial charge in [0.2, 0.25) is 5.90 Å². The molecule has 3 rings (SSSR count). The smallest absolute Gasteiger partial charge is 0.349 e. The molecule has 7 nitrogen and oxygen atoms in total. The maximum Gasteiger partial charge on any atom is 0.349 e. The van der Waals surface area contributed by atoms with Crippen molar-refractivity contribution in [2.45, 2.75) is 13.8 Å². The molecule has 0 spiro atoms. The number of fused-ring (bicyclic) bond motifs is 1. The third-order valence-electron chi connectivity index (χ3n) is 4.37. The third-order valence-corrected chi connectivity index (χ3v) is 4.37. The first-order valence-corrected chi connectivity index (χ1v) is 8.78. The monoisotopic (exact) mass is 366 g/mol. The van der Waals surface area contributed by atoms with Crippen LogP contribution in [0.4, 0.5) is 5.69 Å². The highest BCUT2D eigenvalue weighted by molar-refractivity contribution is 5.95. The number of allylic oxidation sites excluding steroid dienone is 1. The van der Waals surface area contributed by atoms with E-state index >= 15 is 0 Å². The zero-order valence-corrected chi connectivity index (χ0v) is 15.4. The number of benzene rings is 1. The molecule has 0 aliphatic carbocycles. The Balaban J connectivity index is 1.91. The van der Waals surface area contributed by atoms with Gasteiger partial charge in [-0.25, -0.2) is 4.79 Å². The Morgan fingerprint density at radius 1 is 1.33 bits per heavy atom. The number of nitrogens with zero attached hydrogens (tertiary/aromatic N) is 2. The Bertz CT molecular complexity index is 1010. The fraction of sp³-hybridized carbons (Fsp3) is 0.250. The van der Waals surface area contributed by atoms with Crippen molar-refractivity contribution in [1.29, 1.82) is 5.41 Å². The van der Waals surface area contributed by atoms with Crippen LogP contribution >= 0.6 is 0 Å². The van der Waals surface area contributed by atoms with Crippen LogP contribution in [-0.4, -0.2) is 31.7 Å². The molecule has 1 aliphatic rings. The molecule has 0 fully saturated rings. The van der Waals surface area contributed by atoms with Crippen molar-refractivity contribution >= 4 is 28.8 Å². The van der Waals surface area contributed by atoms with Gasteiger partial charge in [0.05, 0.1) is 6.54 Å². The van der Waals surface area contributed by atoms with Gasteiger partial charge in [-0.3, -0.25) is 10.4 Å². The van der Waals surface area contributed by atoms with Gasteiger partial charge in [0.15, 0.2) is 5.88 Å². The number of dihydropyridines is 1. The van der Waals surface area contributed by atoms with Gasteiger partial charge in [0, 0.05) is 42.0 Å². The molecule has 0 atom stereocenters. The molecule has 2 heterocycles. The maximum absolute atomic E-state index is 12.4. The SMILES string of the molecule is CCN(CC)c1ccc2cc(C(=N)O/C(N)=C3\C=CC=NC3)c(=O)oc2c1. The maximum atomic E-state index is 12.4. The summed E-state index contributed by atoms with van der Waals surface area (Å²) in [6, 6.07) is 7.25. The first-order valence-electron chi connectivity index (χ1n) is 8.78. The number of hydrogen-bond acceptors (Lipinski definition) is 7. The van der Waals surface area contributed by atoms with Crippen LogP contribution in [0.25, 0.3) is 11.0 Å². The molecule has 1 aromatic heterocycles. The summed E-state index contributed by atoms with van der Waals surface area (Å²) >= 11 is 0. The van der Waals surface area contributed by atoms with Crippen molar-refractivity contribution in [1.82, 2.24) is 0 Å². The lowest BCUT2D eigenvalue weighted by Crippen LogP contribution is -2.22. The largest absolute Gasteiger partial charge is 0.423 e. The number of aliphatic imine (C=N–C) groups is 1. The number of ether oxygens (including phenoxy) is 1. The van der Waals surface area contributed by atoms with Crippen molar-refractivity contribution < 1.29 is 9.15 Å². The van der Waals surface area contributed by atoms with E-state index < -0.39 is 5.63 Å². The summed E-state index contributed by atoms with van der Waals surface area (Å²) in [7, 11) is 0. The van der Waals surface area contributed by atoms with Crippen LogP contribution in [0.5, 0.6) is 0 Å². The van der Waals surface area contributed by atoms with E-state index in [4.69, 9.17) is 20.3 Å². The zero-order chi connectivity index (χ0) is 19.4. The number of nitrogens with two attached hydrogens (primary N) is 1. The predicted octanol–water partition coefficient (Wildman–Crippen LogP) is 2.79. The van der Waals surface area contributed by atoms with E-state index in [0.717, 1.165) is 18.8 Å². The van der Waals surface area contributed by atoms with E-state index in [1.165, 1.54) is 0 Å². The zero-order valence-electron chi connectivity index (χ0n) is 15.4. The summed E-state index contributed by atoms with van der Waals surface area (Å²) < 4.78 is 10.8. The second-order valence-corrected chi connectivity index (χ2v) is 6.01. The first kappa shape index (κ1) is 18.4. The highest BCUT2D eigenvalue weighted by atomic mass is 16.5. The molecule has 0 unspecified atom stereocenters. The third kappa shape index (κ3) is 3.92. The summed E-state index contributed by atoms with van der Waals surface area (Å²) in [6.45, 7) is 6.22. The average molecular weight is 366 g/mol. The van der Waals surface area contributed by atoms with Crippen LogP contribution in [0.15, 0.2) is 62.1 Å². The molecule has 2 aromatic rings. The van der Waals surface area contributed by atoms with E-state index in [0.29, 0.717) is 23.1 Å². The van der Waals surface area contributed by atoms with E-state index in [-0.39, 0.29) is 17.3 Å². The quantitative estimate of drug-likeness (QED) is 0.366. The van der Waals surface area contributed by atoms with Gasteiger partial charge >= 0.3 is 5.63 Å². The van der Waals surface area contributed by atoms with Crippen molar-refractivity contribution in [3.05, 3.63) is 63.9 Å². The van der Waals surface area contributed by atoms with Gasteiger partial charge < -0.3 is 19.8 Å². The Morgan fingerprint density at radius 2 is 2.11 bits per heavy atom. The Kier molecular flexibility index (Phi) is 5.40. The van der Waals surface area contributed by atoms with E-state index in [2.05, 4.69) is 23.7 Å². The molecule has 0 saturated carbocycles. The lowest BCUT2D eigenvalue weighted by molar-refractivity contribution is 0.398. The van der Waals surface area contributed by atoms with Crippen LogP contribution in [0.1, 0.15) is 19.4 Å². The molecule has 3 N–H and O–H groups in total. The second-order valence-electron chi connectivity index (χ2n) is 6.01. The minimum absolute atomic E-state index is 0.0185. The fourth-order valence-electron chi connectivity index (χ4n) is 2.86. The minimum Gasteiger partial charge on any atom is -0.423 e. The topological polar surface area (TPSA) is 105 Å². The Hall–Kier alpha value is -3.35. The summed E-state index contributed by atoms with van der Waals surface area (Å²) in [4.78, 5) is 18.6. The predicted molar refractivity (Wildman–Crippen MR) is 108 cm³/mol. The van der Waals surface area contributed by atoms with Crippen LogP contribution < -0.4 is 16.3 Å². The van der Waals surface area contributed by atoms with Gasteiger partial charge in [-0.05, 0) is 38.1 Å². The first-order chi connectivity index (χ1) is 13.0. The molecule has 0 amide bonds. The standard InChI is InChI=1S/C20H22N4O3/c1-3-24(4-2)15-8-7-13-10-16(20(25)26-17(13)11-15)19(22)27-18(21)14-6-5-9-23-12-14/h5-11,22H,3-4,12,21H2,1-2H3/b18-14+,22-19?. The normalized spacial score (nSPS) is 15.0. The Morgan fingerprint density at radius 3 is 2.78 bits per heavy atom. The fourth-order valence-corrected chi connectivity index (χ4v) is 2.86. The van der Waals surface area contributed by atoms with Crippen LogP contribution in [0.3, 0.4) is 0 Å². The van der Waals surface area contributed by atoms with Crippen molar-refractivity contribution in [2.24, 2.45) is 10.7 Å². The van der Waals surface area contributed by atoms with Crippen molar-refractivity contribution in [3.63, 3.8) is 0 Å². The lowest BCUT2D eigenvalue weighted by Gasteiger charge is -2.21. The van der Waals surface area contributed by atoms with Crippen LogP contribution in [0, 0.1) is 5.41 Å². The summed E-state index contributed by atoms with van der Waals surface area (Å²) in [5, 5.41) is 8.81. The van der Waals surface area contributed by atoms with Crippen molar-refractivity contribution in [3.8, 4) is 0 Å². The molecule has 0 saturated heterocycles. The minimum atomic E-state index is -0.640. The van der Waals surface area contributed by atoms with Gasteiger partial charge in [-0.15, -0.1) is 0 Å². The molecular formula is C20H22N4O3. The van der Waals surface area contributed by atoms with E-state index in [1.54, 1.807) is 24.4 Å². The molecule has 1 aliphatic heterocycles. The van der Waals surface area contributed by atoms with E-state index in [1.807, 2.05) is 18.2 Å². The second kappa shape index (κ2) is 7.90. The van der Waals surface area contributed by atoms with E-state index in [9.17, 15) is 4.79 Å². The van der Waals surface area contributed by atoms with Gasteiger partial charge in [0.25, 0.3) is 0 Å². The summed E-state index contributed by atoms with van der Waals surface area (Å²) in [5.41, 5.74) is 7.36. The van der Waals surface area contributed by atoms with Crippen molar-refractivity contribution in [2.75, 3.05) is 24.5 Å². The average Bonchev–Trinajstić information content (AvgIpc) is 2.68. The van der Waals surface area contributed by atoms with Gasteiger partial charge in [0.1, 0.15) is 11.1 Å². The van der Waals surface area contributed by atoms with Gasteiger partial charge in [-0.2, -0.15) is 0 Å². The molecule has 1 aromatic carbocycles. The van der Waals surface area contributed by atoms with Crippen LogP contribution in [0.2, 0.25) is 0 Å². The number of hydrogen-bond donors (Lipinski definition) is 2. The molecule has 7 heteroatoms. The van der Waals surface area contributed by atoms with Gasteiger partial charge in [-0.1, -0.05) is 6.08 Å². The molecule has 0 bridgehead atoms. The summed E-state index contributed by atoms with van der Waals surface area (Å²) in [6.07, 6.45) is 5.15. The van der Waals surface area contributed by atoms with Crippen LogP contribution in [-0.2, 0) is 4.74 Å². The molecular weight excluding hydrogens is 344 g/mol. The highest BCUT2D eigenvalue weighted by Gasteiger charge is 2.15. The number of nitrogens with one attached hydrogen (secondary N) is 1. The molecule has 27 heavy (non-hydrogen) atoms. The Labute approximate surface area is 157 Å². The molecule has 0 radical (unpaired) electrons. The summed E-state index contributed by atoms with van der Waals surface area (Å²) in [5.74, 6) is -0.309. The number of anilines is 1. The number of rotatable bonds is 5. The highest BCUT2D eigenvalue weighted by Crippen LogP contribution is 2.22. The molecule has 140 valence electrons. The lowest BCUT2D eigenvalue weighted by atomic mass is 10.1.